The minimum atomic E-state index is -1.11. The minimum absolute atomic E-state index is 0.0427. The molecule has 4 nitrogen and oxygen atoms in total. The number of carboxylic acids is 1. The van der Waals surface area contributed by atoms with Crippen LogP contribution >= 0.6 is 11.6 Å². The molecule has 0 aliphatic rings. The average Bonchev–Trinajstić information content (AvgIpc) is 2.32. The fourth-order valence-electron chi connectivity index (χ4n) is 1.61. The summed E-state index contributed by atoms with van der Waals surface area (Å²) in [5.74, 6) is -2.44. The lowest BCUT2D eigenvalue weighted by atomic mass is 10.1. The number of likely N-dealkylation sites (N-methyl/N-ethyl adjacent to an activating group) is 1. The van der Waals surface area contributed by atoms with E-state index in [9.17, 15) is 14.0 Å². The molecule has 0 aromatic heterocycles. The van der Waals surface area contributed by atoms with Gasteiger partial charge in [-0.15, -0.1) is 0 Å². The number of carboxylic acid groups (broad SMARTS) is 1. The molecule has 1 unspecified atom stereocenters. The molecule has 1 aromatic carbocycles. The largest absolute Gasteiger partial charge is 0.480 e. The van der Waals surface area contributed by atoms with E-state index < -0.39 is 23.7 Å². The molecule has 18 heavy (non-hydrogen) atoms. The zero-order valence-corrected chi connectivity index (χ0v) is 10.7. The fraction of sp³-hybridized carbons (Fsp3) is 0.333. The normalized spacial score (nSPS) is 12.0. The summed E-state index contributed by atoms with van der Waals surface area (Å²) in [5, 5.41) is 8.67. The van der Waals surface area contributed by atoms with Gasteiger partial charge in [0.05, 0.1) is 10.6 Å². The zero-order chi connectivity index (χ0) is 13.9. The fourth-order valence-corrected chi connectivity index (χ4v) is 1.82. The topological polar surface area (TPSA) is 57.6 Å². The number of aliphatic carboxylic acids is 1. The van der Waals surface area contributed by atoms with Gasteiger partial charge in [0.1, 0.15) is 11.9 Å². The number of hydrogen-bond donors (Lipinski definition) is 1. The molecule has 6 heteroatoms. The van der Waals surface area contributed by atoms with Crippen molar-refractivity contribution in [2.24, 2.45) is 0 Å². The molecule has 1 atom stereocenters. The highest BCUT2D eigenvalue weighted by atomic mass is 35.5. The number of hydrogen-bond acceptors (Lipinski definition) is 2. The van der Waals surface area contributed by atoms with Crippen LogP contribution in [0.2, 0.25) is 5.02 Å². The Balaban J connectivity index is 3.07. The van der Waals surface area contributed by atoms with Gasteiger partial charge in [-0.25, -0.2) is 9.18 Å². The van der Waals surface area contributed by atoms with E-state index in [2.05, 4.69) is 0 Å². The summed E-state index contributed by atoms with van der Waals surface area (Å²) in [5.41, 5.74) is -0.0427. The van der Waals surface area contributed by atoms with Gasteiger partial charge >= 0.3 is 5.97 Å². The summed E-state index contributed by atoms with van der Waals surface area (Å²) in [6, 6.07) is 2.88. The van der Waals surface area contributed by atoms with Gasteiger partial charge in [0.2, 0.25) is 0 Å². The minimum Gasteiger partial charge on any atom is -0.480 e. The van der Waals surface area contributed by atoms with Crippen molar-refractivity contribution >= 4 is 23.5 Å². The van der Waals surface area contributed by atoms with E-state index in [-0.39, 0.29) is 17.0 Å². The third-order valence-electron chi connectivity index (χ3n) is 2.64. The molecule has 0 spiro atoms. The predicted octanol–water partition coefficient (Wildman–Crippen LogP) is 2.41. The van der Waals surface area contributed by atoms with Crippen LogP contribution in [0.1, 0.15) is 23.7 Å². The first-order valence-corrected chi connectivity index (χ1v) is 5.71. The van der Waals surface area contributed by atoms with E-state index in [1.807, 2.05) is 0 Å². The molecule has 98 valence electrons. The van der Waals surface area contributed by atoms with Crippen LogP contribution < -0.4 is 0 Å². The van der Waals surface area contributed by atoms with Crippen molar-refractivity contribution in [2.45, 2.75) is 19.4 Å². The van der Waals surface area contributed by atoms with Crippen LogP contribution in [0.5, 0.6) is 0 Å². The van der Waals surface area contributed by atoms with Crippen molar-refractivity contribution in [3.05, 3.63) is 34.6 Å². The summed E-state index contributed by atoms with van der Waals surface area (Å²) in [7, 11) is 1.35. The van der Waals surface area contributed by atoms with Crippen molar-refractivity contribution in [3.63, 3.8) is 0 Å². The molecule has 0 saturated carbocycles. The molecule has 1 N–H and O–H groups in total. The van der Waals surface area contributed by atoms with Crippen LogP contribution in [0.3, 0.4) is 0 Å². The molecule has 0 radical (unpaired) electrons. The van der Waals surface area contributed by atoms with Crippen LogP contribution in [-0.2, 0) is 4.79 Å². The third kappa shape index (κ3) is 2.79. The summed E-state index contributed by atoms with van der Waals surface area (Å²) in [4.78, 5) is 24.0. The number of nitrogens with zero attached hydrogens (tertiary/aromatic N) is 1. The number of halogens is 2. The van der Waals surface area contributed by atoms with Crippen LogP contribution in [0.15, 0.2) is 18.2 Å². The van der Waals surface area contributed by atoms with Crippen molar-refractivity contribution in [1.82, 2.24) is 4.90 Å². The molecule has 0 saturated heterocycles. The van der Waals surface area contributed by atoms with Gasteiger partial charge in [0, 0.05) is 7.05 Å². The smallest absolute Gasteiger partial charge is 0.326 e. The van der Waals surface area contributed by atoms with Crippen molar-refractivity contribution in [2.75, 3.05) is 7.05 Å². The second-order valence-corrected chi connectivity index (χ2v) is 4.16. The Morgan fingerprint density at radius 2 is 2.11 bits per heavy atom. The Kier molecular flexibility index (Phi) is 4.67. The standard InChI is InChI=1S/C12H13ClFNO3/c1-3-9(12(17)18)15(2)11(16)7-5-4-6-8(14)10(7)13/h4-6,9H,3H2,1-2H3,(H,17,18). The monoisotopic (exact) mass is 273 g/mol. The van der Waals surface area contributed by atoms with Gasteiger partial charge < -0.3 is 10.0 Å². The zero-order valence-electron chi connectivity index (χ0n) is 9.98. The Labute approximate surface area is 109 Å². The summed E-state index contributed by atoms with van der Waals surface area (Å²) in [6.07, 6.45) is 0.254. The van der Waals surface area contributed by atoms with E-state index in [0.29, 0.717) is 0 Å². The molecule has 0 aliphatic heterocycles. The van der Waals surface area contributed by atoms with Crippen LogP contribution in [0, 0.1) is 5.82 Å². The molecule has 0 aliphatic carbocycles. The summed E-state index contributed by atoms with van der Waals surface area (Å²) < 4.78 is 13.2. The Morgan fingerprint density at radius 3 is 2.61 bits per heavy atom. The number of benzene rings is 1. The van der Waals surface area contributed by atoms with Crippen molar-refractivity contribution < 1.29 is 19.1 Å². The number of carbonyl (C=O) groups excluding carboxylic acids is 1. The van der Waals surface area contributed by atoms with Gasteiger partial charge in [-0.2, -0.15) is 0 Å². The lowest BCUT2D eigenvalue weighted by Crippen LogP contribution is -2.42. The summed E-state index contributed by atoms with van der Waals surface area (Å²) in [6.45, 7) is 1.65. The highest BCUT2D eigenvalue weighted by Gasteiger charge is 2.27. The van der Waals surface area contributed by atoms with Crippen molar-refractivity contribution in [3.8, 4) is 0 Å². The lowest BCUT2D eigenvalue weighted by Gasteiger charge is -2.24. The van der Waals surface area contributed by atoms with E-state index in [0.717, 1.165) is 11.0 Å². The maximum Gasteiger partial charge on any atom is 0.326 e. The second kappa shape index (κ2) is 5.82. The Hall–Kier alpha value is -1.62. The molecule has 1 aromatic rings. The maximum absolute atomic E-state index is 13.2. The first kappa shape index (κ1) is 14.4. The van der Waals surface area contributed by atoms with Gasteiger partial charge in [0.15, 0.2) is 0 Å². The molecule has 1 amide bonds. The van der Waals surface area contributed by atoms with Crippen molar-refractivity contribution in [1.29, 1.82) is 0 Å². The predicted molar refractivity (Wildman–Crippen MR) is 65.2 cm³/mol. The van der Waals surface area contributed by atoms with E-state index in [4.69, 9.17) is 16.7 Å². The molecule has 0 fully saturated rings. The lowest BCUT2D eigenvalue weighted by molar-refractivity contribution is -0.142. The number of amides is 1. The molecular formula is C12H13ClFNO3. The van der Waals surface area contributed by atoms with Crippen LogP contribution in [-0.4, -0.2) is 35.0 Å². The van der Waals surface area contributed by atoms with E-state index in [1.165, 1.54) is 19.2 Å². The molecule has 0 heterocycles. The molecular weight excluding hydrogens is 261 g/mol. The SMILES string of the molecule is CCC(C(=O)O)N(C)C(=O)c1cccc(F)c1Cl. The van der Waals surface area contributed by atoms with Crippen LogP contribution in [0.25, 0.3) is 0 Å². The first-order valence-electron chi connectivity index (χ1n) is 5.34. The first-order chi connectivity index (χ1) is 8.40. The van der Waals surface area contributed by atoms with Gasteiger partial charge in [-0.3, -0.25) is 4.79 Å². The summed E-state index contributed by atoms with van der Waals surface area (Å²) >= 11 is 5.69. The molecule has 1 rings (SSSR count). The quantitative estimate of drug-likeness (QED) is 0.916. The van der Waals surface area contributed by atoms with Gasteiger partial charge in [-0.1, -0.05) is 24.6 Å². The van der Waals surface area contributed by atoms with E-state index >= 15 is 0 Å². The van der Waals surface area contributed by atoms with E-state index in [1.54, 1.807) is 6.92 Å². The average molecular weight is 274 g/mol. The number of carbonyl (C=O) groups is 2. The van der Waals surface area contributed by atoms with Gasteiger partial charge in [0.25, 0.3) is 5.91 Å². The Morgan fingerprint density at radius 1 is 1.50 bits per heavy atom. The third-order valence-corrected chi connectivity index (χ3v) is 3.03. The highest BCUT2D eigenvalue weighted by molar-refractivity contribution is 6.34. The Bertz CT molecular complexity index is 478. The van der Waals surface area contributed by atoms with Crippen LogP contribution in [0.4, 0.5) is 4.39 Å². The second-order valence-electron chi connectivity index (χ2n) is 3.78. The molecule has 0 bridgehead atoms. The number of rotatable bonds is 4. The highest BCUT2D eigenvalue weighted by Crippen LogP contribution is 2.21. The van der Waals surface area contributed by atoms with Gasteiger partial charge in [-0.05, 0) is 18.6 Å². The maximum atomic E-state index is 13.2.